The Kier molecular flexibility index (Phi) is 5.06. The number of hydrogen-bond donors (Lipinski definition) is 0. The monoisotopic (exact) mass is 341 g/mol. The summed E-state index contributed by atoms with van der Waals surface area (Å²) in [6.45, 7) is 8.09. The molecule has 6 heteroatoms. The van der Waals surface area contributed by atoms with Gasteiger partial charge in [-0.1, -0.05) is 0 Å². The van der Waals surface area contributed by atoms with Gasteiger partial charge in [-0.25, -0.2) is 4.98 Å². The molecule has 1 amide bonds. The maximum absolute atomic E-state index is 13.0. The molecule has 0 aliphatic carbocycles. The van der Waals surface area contributed by atoms with E-state index in [-0.39, 0.29) is 11.9 Å². The van der Waals surface area contributed by atoms with Crippen molar-refractivity contribution < 1.29 is 4.79 Å². The number of carbonyl (C=O) groups is 1. The zero-order chi connectivity index (χ0) is 18.0. The lowest BCUT2D eigenvalue weighted by Gasteiger charge is -2.27. The van der Waals surface area contributed by atoms with E-state index < -0.39 is 0 Å². The number of hydrogen-bond acceptors (Lipinski definition) is 4. The van der Waals surface area contributed by atoms with Crippen molar-refractivity contribution in [3.8, 4) is 0 Å². The molecule has 134 valence electrons. The molecule has 1 aliphatic heterocycles. The Balaban J connectivity index is 1.78. The number of aromatic nitrogens is 3. The van der Waals surface area contributed by atoms with Crippen LogP contribution in [0.15, 0.2) is 30.7 Å². The lowest BCUT2D eigenvalue weighted by Crippen LogP contribution is -2.32. The second kappa shape index (κ2) is 7.25. The number of rotatable bonds is 5. The average molecular weight is 341 g/mol. The van der Waals surface area contributed by atoms with Gasteiger partial charge in [-0.3, -0.25) is 9.48 Å². The molecule has 25 heavy (non-hydrogen) atoms. The fourth-order valence-electron chi connectivity index (χ4n) is 3.61. The molecule has 0 N–H and O–H groups in total. The zero-order valence-electron chi connectivity index (χ0n) is 15.5. The molecule has 6 nitrogen and oxygen atoms in total. The zero-order valence-corrected chi connectivity index (χ0v) is 15.5. The molecule has 0 saturated carbocycles. The molecule has 1 atom stereocenters. The number of carbonyl (C=O) groups excluding carboxylic acids is 1. The van der Waals surface area contributed by atoms with E-state index in [2.05, 4.69) is 35.8 Å². The van der Waals surface area contributed by atoms with Crippen molar-refractivity contribution in [1.29, 1.82) is 0 Å². The summed E-state index contributed by atoms with van der Waals surface area (Å²) in [4.78, 5) is 21.7. The summed E-state index contributed by atoms with van der Waals surface area (Å²) in [5.74, 6) is 0.970. The maximum Gasteiger partial charge on any atom is 0.255 e. The highest BCUT2D eigenvalue weighted by atomic mass is 16.2. The molecule has 0 radical (unpaired) electrons. The van der Waals surface area contributed by atoms with Gasteiger partial charge >= 0.3 is 0 Å². The molecule has 0 aromatic carbocycles. The van der Waals surface area contributed by atoms with Gasteiger partial charge in [0.2, 0.25) is 0 Å². The molecule has 0 spiro atoms. The highest BCUT2D eigenvalue weighted by Gasteiger charge is 2.31. The lowest BCUT2D eigenvalue weighted by atomic mass is 10.1. The van der Waals surface area contributed by atoms with Gasteiger partial charge < -0.3 is 9.80 Å². The molecule has 3 rings (SSSR count). The predicted molar refractivity (Wildman–Crippen MR) is 98.6 cm³/mol. The number of pyridine rings is 1. The minimum absolute atomic E-state index is 0.0537. The Labute approximate surface area is 149 Å². The van der Waals surface area contributed by atoms with Gasteiger partial charge in [0.05, 0.1) is 17.8 Å². The Morgan fingerprint density at radius 3 is 2.72 bits per heavy atom. The molecule has 2 aromatic heterocycles. The highest BCUT2D eigenvalue weighted by Crippen LogP contribution is 2.32. The second-order valence-corrected chi connectivity index (χ2v) is 6.89. The van der Waals surface area contributed by atoms with Crippen LogP contribution in [-0.2, 0) is 7.05 Å². The quantitative estimate of drug-likeness (QED) is 0.839. The van der Waals surface area contributed by atoms with Crippen LogP contribution < -0.4 is 4.90 Å². The Morgan fingerprint density at radius 2 is 2.16 bits per heavy atom. The molecule has 2 aromatic rings. The van der Waals surface area contributed by atoms with Gasteiger partial charge in [0, 0.05) is 44.1 Å². The summed E-state index contributed by atoms with van der Waals surface area (Å²) in [7, 11) is 1.90. The standard InChI is InChI=1S/C19H27N5O/c1-5-23(14(2)3)18-9-8-15(11-20-18)19(25)24-10-6-7-17(24)16-12-21-22(4)13-16/h8-9,11-14,17H,5-7,10H2,1-4H3/t17-/m1/s1. The Morgan fingerprint density at radius 1 is 1.36 bits per heavy atom. The average Bonchev–Trinajstić information content (AvgIpc) is 3.23. The van der Waals surface area contributed by atoms with Gasteiger partial charge in [0.15, 0.2) is 0 Å². The van der Waals surface area contributed by atoms with E-state index in [0.29, 0.717) is 11.6 Å². The van der Waals surface area contributed by atoms with Crippen molar-refractivity contribution in [2.45, 2.75) is 45.7 Å². The fourth-order valence-corrected chi connectivity index (χ4v) is 3.61. The topological polar surface area (TPSA) is 54.3 Å². The molecular formula is C19H27N5O. The first kappa shape index (κ1) is 17.5. The third-order valence-electron chi connectivity index (χ3n) is 4.88. The van der Waals surface area contributed by atoms with Gasteiger partial charge in [-0.2, -0.15) is 5.10 Å². The minimum Gasteiger partial charge on any atom is -0.354 e. The van der Waals surface area contributed by atoms with E-state index in [1.807, 2.05) is 36.5 Å². The van der Waals surface area contributed by atoms with Crippen LogP contribution in [0.2, 0.25) is 0 Å². The van der Waals surface area contributed by atoms with Crippen molar-refractivity contribution in [3.63, 3.8) is 0 Å². The third kappa shape index (κ3) is 3.52. The molecule has 1 fully saturated rings. The lowest BCUT2D eigenvalue weighted by molar-refractivity contribution is 0.0735. The first-order chi connectivity index (χ1) is 12.0. The number of aryl methyl sites for hydroxylation is 1. The second-order valence-electron chi connectivity index (χ2n) is 6.89. The van der Waals surface area contributed by atoms with E-state index in [4.69, 9.17) is 0 Å². The van der Waals surface area contributed by atoms with Crippen LogP contribution >= 0.6 is 0 Å². The van der Waals surface area contributed by atoms with E-state index in [1.165, 1.54) is 0 Å². The van der Waals surface area contributed by atoms with Crippen LogP contribution in [0.3, 0.4) is 0 Å². The number of likely N-dealkylation sites (tertiary alicyclic amines) is 1. The van der Waals surface area contributed by atoms with E-state index >= 15 is 0 Å². The van der Waals surface area contributed by atoms with Crippen LogP contribution in [0.5, 0.6) is 0 Å². The van der Waals surface area contributed by atoms with Crippen LogP contribution in [0, 0.1) is 0 Å². The molecule has 1 aliphatic rings. The van der Waals surface area contributed by atoms with Gasteiger partial charge in [0.1, 0.15) is 5.82 Å². The predicted octanol–water partition coefficient (Wildman–Crippen LogP) is 3.03. The smallest absolute Gasteiger partial charge is 0.255 e. The van der Waals surface area contributed by atoms with Crippen molar-refractivity contribution in [2.24, 2.45) is 7.05 Å². The SMILES string of the molecule is CCN(c1ccc(C(=O)N2CCC[C@@H]2c2cnn(C)c2)cn1)C(C)C. The minimum atomic E-state index is 0.0537. The third-order valence-corrected chi connectivity index (χ3v) is 4.88. The summed E-state index contributed by atoms with van der Waals surface area (Å²) in [6, 6.07) is 4.34. The maximum atomic E-state index is 13.0. The molecule has 0 unspecified atom stereocenters. The van der Waals surface area contributed by atoms with Crippen LogP contribution in [0.4, 0.5) is 5.82 Å². The fraction of sp³-hybridized carbons (Fsp3) is 0.526. The molecule has 0 bridgehead atoms. The summed E-state index contributed by atoms with van der Waals surface area (Å²) < 4.78 is 1.79. The highest BCUT2D eigenvalue weighted by molar-refractivity contribution is 5.94. The normalized spacial score (nSPS) is 17.3. The Hall–Kier alpha value is -2.37. The van der Waals surface area contributed by atoms with Crippen LogP contribution in [0.25, 0.3) is 0 Å². The number of nitrogens with zero attached hydrogens (tertiary/aromatic N) is 5. The van der Waals surface area contributed by atoms with E-state index in [1.54, 1.807) is 10.9 Å². The summed E-state index contributed by atoms with van der Waals surface area (Å²) >= 11 is 0. The van der Waals surface area contributed by atoms with Crippen LogP contribution in [-0.4, -0.2) is 44.7 Å². The molecule has 3 heterocycles. The van der Waals surface area contributed by atoms with Gasteiger partial charge in [-0.15, -0.1) is 0 Å². The largest absolute Gasteiger partial charge is 0.354 e. The van der Waals surface area contributed by atoms with Crippen molar-refractivity contribution in [1.82, 2.24) is 19.7 Å². The first-order valence-corrected chi connectivity index (χ1v) is 9.03. The van der Waals surface area contributed by atoms with Gasteiger partial charge in [-0.05, 0) is 45.7 Å². The van der Waals surface area contributed by atoms with Gasteiger partial charge in [0.25, 0.3) is 5.91 Å². The van der Waals surface area contributed by atoms with Crippen molar-refractivity contribution in [3.05, 3.63) is 41.9 Å². The molecule has 1 saturated heterocycles. The van der Waals surface area contributed by atoms with E-state index in [0.717, 1.165) is 37.3 Å². The number of anilines is 1. The summed E-state index contributed by atoms with van der Waals surface area (Å²) in [5, 5.41) is 4.25. The summed E-state index contributed by atoms with van der Waals surface area (Å²) in [6.07, 6.45) is 7.58. The first-order valence-electron chi connectivity index (χ1n) is 9.03. The van der Waals surface area contributed by atoms with Crippen molar-refractivity contribution in [2.75, 3.05) is 18.0 Å². The summed E-state index contributed by atoms with van der Waals surface area (Å²) in [5.41, 5.74) is 1.76. The number of amides is 1. The molecular weight excluding hydrogens is 314 g/mol. The van der Waals surface area contributed by atoms with Crippen LogP contribution in [0.1, 0.15) is 55.6 Å². The Bertz CT molecular complexity index is 722. The van der Waals surface area contributed by atoms with E-state index in [9.17, 15) is 4.79 Å². The van der Waals surface area contributed by atoms with Crippen molar-refractivity contribution >= 4 is 11.7 Å².